The lowest BCUT2D eigenvalue weighted by Crippen LogP contribution is -2.44. The summed E-state index contributed by atoms with van der Waals surface area (Å²) in [6.45, 7) is 3.93. The Morgan fingerprint density at radius 3 is 2.70 bits per heavy atom. The molecule has 1 saturated heterocycles. The monoisotopic (exact) mass is 503 g/mol. The summed E-state index contributed by atoms with van der Waals surface area (Å²) in [4.78, 5) is 4.65. The molecule has 148 valence electrons. The van der Waals surface area contributed by atoms with Crippen LogP contribution in [0.2, 0.25) is 0 Å². The molecule has 1 aliphatic rings. The van der Waals surface area contributed by atoms with Gasteiger partial charge in [-0.1, -0.05) is 24.3 Å². The highest BCUT2D eigenvalue weighted by molar-refractivity contribution is 14.0. The molecule has 1 aromatic heterocycles. The third kappa shape index (κ3) is 6.49. The van der Waals surface area contributed by atoms with Gasteiger partial charge in [0.05, 0.1) is 24.6 Å². The van der Waals surface area contributed by atoms with Crippen LogP contribution in [-0.4, -0.2) is 48.3 Å². The number of hydrogen-bond donors (Lipinski definition) is 2. The van der Waals surface area contributed by atoms with E-state index in [1.54, 1.807) is 6.20 Å². The standard InChI is InChI=1S/C18H25N5O2S.HI/c1-2-19-18(22-17-8-11-26(24,25)14-17)20-12-15-6-3-4-7-16(15)13-23-10-5-9-21-23;/h3-7,9-10,17H,2,8,11-14H2,1H3,(H2,19,20,22);1H. The van der Waals surface area contributed by atoms with Gasteiger partial charge in [0.15, 0.2) is 15.8 Å². The van der Waals surface area contributed by atoms with Crippen LogP contribution in [0.25, 0.3) is 0 Å². The van der Waals surface area contributed by atoms with E-state index < -0.39 is 9.84 Å². The molecule has 2 heterocycles. The van der Waals surface area contributed by atoms with E-state index in [-0.39, 0.29) is 41.5 Å². The molecule has 27 heavy (non-hydrogen) atoms. The lowest BCUT2D eigenvalue weighted by molar-refractivity contribution is 0.599. The summed E-state index contributed by atoms with van der Waals surface area (Å²) >= 11 is 0. The lowest BCUT2D eigenvalue weighted by atomic mass is 10.1. The fourth-order valence-corrected chi connectivity index (χ4v) is 4.69. The molecule has 1 aliphatic heterocycles. The topological polar surface area (TPSA) is 88.4 Å². The number of aromatic nitrogens is 2. The number of hydrogen-bond acceptors (Lipinski definition) is 4. The van der Waals surface area contributed by atoms with E-state index in [0.717, 1.165) is 12.1 Å². The van der Waals surface area contributed by atoms with E-state index in [9.17, 15) is 8.42 Å². The van der Waals surface area contributed by atoms with Gasteiger partial charge in [-0.2, -0.15) is 5.10 Å². The Morgan fingerprint density at radius 2 is 2.07 bits per heavy atom. The average Bonchev–Trinajstić information content (AvgIpc) is 3.23. The number of guanidine groups is 1. The van der Waals surface area contributed by atoms with Crippen LogP contribution in [0.3, 0.4) is 0 Å². The molecule has 1 fully saturated rings. The zero-order valence-corrected chi connectivity index (χ0v) is 18.5. The van der Waals surface area contributed by atoms with Crippen LogP contribution in [0.1, 0.15) is 24.5 Å². The van der Waals surface area contributed by atoms with E-state index in [2.05, 4.69) is 32.9 Å². The molecule has 9 heteroatoms. The van der Waals surface area contributed by atoms with E-state index in [1.807, 2.05) is 36.0 Å². The van der Waals surface area contributed by atoms with Crippen molar-refractivity contribution in [1.82, 2.24) is 20.4 Å². The molecule has 2 aromatic rings. The average molecular weight is 503 g/mol. The van der Waals surface area contributed by atoms with Crippen molar-refractivity contribution in [3.8, 4) is 0 Å². The second-order valence-corrected chi connectivity index (χ2v) is 8.64. The van der Waals surface area contributed by atoms with Gasteiger partial charge in [0.1, 0.15) is 0 Å². The molecule has 0 amide bonds. The number of nitrogens with zero attached hydrogens (tertiary/aromatic N) is 3. The van der Waals surface area contributed by atoms with Gasteiger partial charge in [-0.15, -0.1) is 24.0 Å². The Morgan fingerprint density at radius 1 is 1.30 bits per heavy atom. The molecule has 0 radical (unpaired) electrons. The highest BCUT2D eigenvalue weighted by atomic mass is 127. The Balaban J connectivity index is 0.00000261. The summed E-state index contributed by atoms with van der Waals surface area (Å²) in [5.74, 6) is 1.08. The Bertz CT molecular complexity index is 852. The first-order chi connectivity index (χ1) is 12.6. The number of nitrogens with one attached hydrogen (secondary N) is 2. The zero-order valence-electron chi connectivity index (χ0n) is 15.3. The number of rotatable bonds is 6. The molecule has 0 bridgehead atoms. The second kappa shape index (κ2) is 10.1. The minimum Gasteiger partial charge on any atom is -0.357 e. The first-order valence-corrected chi connectivity index (χ1v) is 10.7. The minimum atomic E-state index is -2.91. The van der Waals surface area contributed by atoms with E-state index in [1.165, 1.54) is 5.56 Å². The molecule has 7 nitrogen and oxygen atoms in total. The third-order valence-electron chi connectivity index (χ3n) is 4.33. The molecule has 1 unspecified atom stereocenters. The van der Waals surface area contributed by atoms with Crippen LogP contribution in [0.4, 0.5) is 0 Å². The smallest absolute Gasteiger partial charge is 0.191 e. The van der Waals surface area contributed by atoms with E-state index >= 15 is 0 Å². The minimum absolute atomic E-state index is 0. The predicted octanol–water partition coefficient (Wildman–Crippen LogP) is 1.79. The van der Waals surface area contributed by atoms with Crippen LogP contribution in [0, 0.1) is 0 Å². The number of halogens is 1. The van der Waals surface area contributed by atoms with Crippen LogP contribution < -0.4 is 10.6 Å². The van der Waals surface area contributed by atoms with Crippen molar-refractivity contribution in [2.75, 3.05) is 18.1 Å². The molecule has 1 atom stereocenters. The SMILES string of the molecule is CCNC(=NCc1ccccc1Cn1cccn1)NC1CCS(=O)(=O)C1.I. The molecule has 0 saturated carbocycles. The summed E-state index contributed by atoms with van der Waals surface area (Å²) in [5, 5.41) is 10.7. The summed E-state index contributed by atoms with van der Waals surface area (Å²) < 4.78 is 25.2. The quantitative estimate of drug-likeness (QED) is 0.357. The number of sulfone groups is 1. The molecule has 0 spiro atoms. The van der Waals surface area contributed by atoms with Crippen LogP contribution in [0.15, 0.2) is 47.7 Å². The summed E-state index contributed by atoms with van der Waals surface area (Å²) in [5.41, 5.74) is 2.29. The lowest BCUT2D eigenvalue weighted by Gasteiger charge is -2.16. The Kier molecular flexibility index (Phi) is 8.08. The number of aliphatic imine (C=N–C) groups is 1. The van der Waals surface area contributed by atoms with Crippen molar-refractivity contribution in [1.29, 1.82) is 0 Å². The van der Waals surface area contributed by atoms with E-state index in [0.29, 0.717) is 25.5 Å². The third-order valence-corrected chi connectivity index (χ3v) is 6.10. The van der Waals surface area contributed by atoms with Crippen LogP contribution in [0.5, 0.6) is 0 Å². The van der Waals surface area contributed by atoms with Crippen molar-refractivity contribution >= 4 is 39.8 Å². The van der Waals surface area contributed by atoms with Crippen molar-refractivity contribution in [3.05, 3.63) is 53.9 Å². The first-order valence-electron chi connectivity index (χ1n) is 8.85. The molecule has 3 rings (SSSR count). The van der Waals surface area contributed by atoms with Gasteiger partial charge in [-0.25, -0.2) is 13.4 Å². The largest absolute Gasteiger partial charge is 0.357 e. The summed E-state index contributed by atoms with van der Waals surface area (Å²) in [6, 6.07) is 9.99. The number of benzene rings is 1. The Labute approximate surface area is 177 Å². The molecule has 2 N–H and O–H groups in total. The fraction of sp³-hybridized carbons (Fsp3) is 0.444. The van der Waals surface area contributed by atoms with Crippen LogP contribution >= 0.6 is 24.0 Å². The van der Waals surface area contributed by atoms with Gasteiger partial charge in [0.25, 0.3) is 0 Å². The fourth-order valence-electron chi connectivity index (χ4n) is 3.02. The second-order valence-electron chi connectivity index (χ2n) is 6.41. The van der Waals surface area contributed by atoms with Gasteiger partial charge >= 0.3 is 0 Å². The summed E-state index contributed by atoms with van der Waals surface area (Å²) in [7, 11) is -2.91. The highest BCUT2D eigenvalue weighted by Gasteiger charge is 2.28. The van der Waals surface area contributed by atoms with Gasteiger partial charge in [0.2, 0.25) is 0 Å². The maximum absolute atomic E-state index is 11.6. The van der Waals surface area contributed by atoms with Gasteiger partial charge in [-0.3, -0.25) is 4.68 Å². The maximum atomic E-state index is 11.6. The first kappa shape index (κ1) is 21.7. The van der Waals surface area contributed by atoms with Crippen molar-refractivity contribution < 1.29 is 8.42 Å². The normalized spacial score (nSPS) is 18.7. The molecule has 0 aliphatic carbocycles. The highest BCUT2D eigenvalue weighted by Crippen LogP contribution is 2.13. The molecular formula is C18H26IN5O2S. The van der Waals surface area contributed by atoms with Crippen molar-refractivity contribution in [2.24, 2.45) is 4.99 Å². The Hall–Kier alpha value is -1.62. The molecular weight excluding hydrogens is 477 g/mol. The van der Waals surface area contributed by atoms with Crippen molar-refractivity contribution in [3.63, 3.8) is 0 Å². The molecule has 1 aromatic carbocycles. The van der Waals surface area contributed by atoms with E-state index in [4.69, 9.17) is 0 Å². The summed E-state index contributed by atoms with van der Waals surface area (Å²) in [6.07, 6.45) is 4.33. The maximum Gasteiger partial charge on any atom is 0.191 e. The van der Waals surface area contributed by atoms with Crippen LogP contribution in [-0.2, 0) is 22.9 Å². The zero-order chi connectivity index (χ0) is 18.4. The van der Waals surface area contributed by atoms with Gasteiger partial charge in [-0.05, 0) is 30.5 Å². The van der Waals surface area contributed by atoms with Gasteiger partial charge in [0, 0.05) is 25.0 Å². The predicted molar refractivity (Wildman–Crippen MR) is 118 cm³/mol. The van der Waals surface area contributed by atoms with Crippen molar-refractivity contribution in [2.45, 2.75) is 32.5 Å². The van der Waals surface area contributed by atoms with Gasteiger partial charge < -0.3 is 10.6 Å².